The smallest absolute Gasteiger partial charge is 0.306 e. The van der Waals surface area contributed by atoms with Crippen LogP contribution < -0.4 is 0 Å². The molecule has 0 aromatic heterocycles. The van der Waals surface area contributed by atoms with Crippen molar-refractivity contribution in [3.63, 3.8) is 0 Å². The van der Waals surface area contributed by atoms with Crippen molar-refractivity contribution in [2.75, 3.05) is 12.4 Å². The Morgan fingerprint density at radius 3 is 2.64 bits per heavy atom. The monoisotopic (exact) mass is 399 g/mol. The van der Waals surface area contributed by atoms with E-state index in [9.17, 15) is 9.18 Å². The van der Waals surface area contributed by atoms with Gasteiger partial charge in [0.25, 0.3) is 0 Å². The lowest BCUT2D eigenvalue weighted by Crippen LogP contribution is -2.12. The van der Waals surface area contributed by atoms with Crippen molar-refractivity contribution < 1.29 is 13.9 Å². The van der Waals surface area contributed by atoms with E-state index in [4.69, 9.17) is 10.00 Å². The molecule has 0 radical (unpaired) electrons. The van der Waals surface area contributed by atoms with Crippen molar-refractivity contribution in [1.82, 2.24) is 0 Å². The average Bonchev–Trinajstić information content (AvgIpc) is 2.71. The number of hydrogen-bond donors (Lipinski definition) is 0. The Morgan fingerprint density at radius 2 is 2.00 bits per heavy atom. The Bertz CT molecular complexity index is 814. The quantitative estimate of drug-likeness (QED) is 0.352. The number of hydrogen-bond acceptors (Lipinski definition) is 4. The molecule has 5 heteroatoms. The maximum Gasteiger partial charge on any atom is 0.306 e. The molecule has 148 valence electrons. The predicted octanol–water partition coefficient (Wildman–Crippen LogP) is 6.22. The van der Waals surface area contributed by atoms with Gasteiger partial charge in [-0.05, 0) is 42.2 Å². The van der Waals surface area contributed by atoms with E-state index in [1.165, 1.54) is 17.8 Å². The van der Waals surface area contributed by atoms with Crippen LogP contribution in [-0.4, -0.2) is 18.3 Å². The summed E-state index contributed by atoms with van der Waals surface area (Å²) in [7, 11) is 0. The molecule has 3 nitrogen and oxygen atoms in total. The van der Waals surface area contributed by atoms with Crippen molar-refractivity contribution in [2.24, 2.45) is 5.92 Å². The van der Waals surface area contributed by atoms with E-state index in [1.54, 1.807) is 30.3 Å². The van der Waals surface area contributed by atoms with E-state index in [-0.39, 0.29) is 11.8 Å². The zero-order valence-corrected chi connectivity index (χ0v) is 17.2. The Kier molecular flexibility index (Phi) is 9.03. The van der Waals surface area contributed by atoms with Crippen molar-refractivity contribution >= 4 is 17.7 Å². The minimum Gasteiger partial charge on any atom is -0.465 e. The van der Waals surface area contributed by atoms with Gasteiger partial charge in [-0.1, -0.05) is 44.9 Å². The molecule has 0 aliphatic rings. The number of ether oxygens (including phenoxy) is 1. The van der Waals surface area contributed by atoms with Crippen LogP contribution in [0.5, 0.6) is 0 Å². The van der Waals surface area contributed by atoms with Crippen LogP contribution in [0.1, 0.15) is 45.1 Å². The van der Waals surface area contributed by atoms with E-state index in [2.05, 4.69) is 19.9 Å². The number of nitrogens with zero attached hydrogens (tertiary/aromatic N) is 1. The highest BCUT2D eigenvalue weighted by Gasteiger charge is 2.10. The first kappa shape index (κ1) is 22.0. The van der Waals surface area contributed by atoms with Crippen LogP contribution in [0.25, 0.3) is 11.1 Å². The summed E-state index contributed by atoms with van der Waals surface area (Å²) in [4.78, 5) is 12.6. The molecule has 2 aromatic carbocycles. The molecule has 1 atom stereocenters. The molecular formula is C23H26FNO2S. The molecule has 0 saturated heterocycles. The summed E-state index contributed by atoms with van der Waals surface area (Å²) >= 11 is 1.44. The van der Waals surface area contributed by atoms with E-state index >= 15 is 0 Å². The van der Waals surface area contributed by atoms with Crippen molar-refractivity contribution in [1.29, 1.82) is 5.26 Å². The second-order valence-electron chi connectivity index (χ2n) is 6.86. The fraction of sp³-hybridized carbons (Fsp3) is 0.391. The molecule has 28 heavy (non-hydrogen) atoms. The molecule has 0 heterocycles. The Balaban J connectivity index is 1.81. The van der Waals surface area contributed by atoms with Gasteiger partial charge in [-0.2, -0.15) is 5.26 Å². The van der Waals surface area contributed by atoms with Crippen LogP contribution in [0.4, 0.5) is 4.39 Å². The number of halogens is 1. The molecule has 0 N–H and O–H groups in total. The molecule has 2 rings (SSSR count). The van der Waals surface area contributed by atoms with E-state index in [1.807, 2.05) is 6.07 Å². The van der Waals surface area contributed by atoms with Gasteiger partial charge in [0.2, 0.25) is 0 Å². The van der Waals surface area contributed by atoms with E-state index in [0.29, 0.717) is 35.8 Å². The molecule has 0 amide bonds. The first-order valence-electron chi connectivity index (χ1n) is 9.62. The topological polar surface area (TPSA) is 50.1 Å². The van der Waals surface area contributed by atoms with E-state index < -0.39 is 0 Å². The zero-order valence-electron chi connectivity index (χ0n) is 16.4. The van der Waals surface area contributed by atoms with Crippen LogP contribution in [0.3, 0.4) is 0 Å². The highest BCUT2D eigenvalue weighted by molar-refractivity contribution is 7.99. The fourth-order valence-electron chi connectivity index (χ4n) is 2.74. The van der Waals surface area contributed by atoms with Gasteiger partial charge in [0.1, 0.15) is 5.82 Å². The van der Waals surface area contributed by atoms with Gasteiger partial charge in [-0.3, -0.25) is 4.79 Å². The molecule has 0 fully saturated rings. The van der Waals surface area contributed by atoms with Crippen LogP contribution >= 0.6 is 11.8 Å². The summed E-state index contributed by atoms with van der Waals surface area (Å²) in [5.74, 6) is 0.422. The number of carbonyl (C=O) groups is 1. The number of unbranched alkanes of at least 4 members (excludes halogenated alkanes) is 1. The summed E-state index contributed by atoms with van der Waals surface area (Å²) < 4.78 is 19.8. The molecule has 0 saturated carbocycles. The highest BCUT2D eigenvalue weighted by Crippen LogP contribution is 2.28. The predicted molar refractivity (Wildman–Crippen MR) is 112 cm³/mol. The van der Waals surface area contributed by atoms with Crippen LogP contribution in [0, 0.1) is 23.1 Å². The molecule has 0 spiro atoms. The number of nitriles is 1. The number of rotatable bonds is 10. The standard InChI is InChI=1S/C23H26FNO2S/c1-3-4-5-17(2)16-27-23(26)12-13-28-20-10-11-21(22(24)14-20)19-8-6-18(15-25)7-9-19/h6-11,14,17H,3-5,12-13,16H2,1-2H3. The van der Waals surface area contributed by atoms with Gasteiger partial charge in [0.15, 0.2) is 0 Å². The van der Waals surface area contributed by atoms with E-state index in [0.717, 1.165) is 29.7 Å². The van der Waals surface area contributed by atoms with Crippen molar-refractivity contribution in [2.45, 2.75) is 44.4 Å². The number of carbonyl (C=O) groups excluding carboxylic acids is 1. The molecular weight excluding hydrogens is 373 g/mol. The molecule has 0 bridgehead atoms. The second kappa shape index (κ2) is 11.5. The average molecular weight is 400 g/mol. The second-order valence-corrected chi connectivity index (χ2v) is 8.03. The summed E-state index contributed by atoms with van der Waals surface area (Å²) in [5, 5.41) is 8.85. The van der Waals surface area contributed by atoms with Crippen LogP contribution in [0.2, 0.25) is 0 Å². The summed E-state index contributed by atoms with van der Waals surface area (Å²) in [6, 6.07) is 13.9. The van der Waals surface area contributed by atoms with Gasteiger partial charge in [0, 0.05) is 16.2 Å². The zero-order chi connectivity index (χ0) is 20.4. The largest absolute Gasteiger partial charge is 0.465 e. The first-order valence-corrected chi connectivity index (χ1v) is 10.6. The lowest BCUT2D eigenvalue weighted by Gasteiger charge is -2.11. The third-order valence-corrected chi connectivity index (χ3v) is 5.42. The normalized spacial score (nSPS) is 11.6. The first-order chi connectivity index (χ1) is 13.5. The lowest BCUT2D eigenvalue weighted by atomic mass is 10.0. The third-order valence-electron chi connectivity index (χ3n) is 4.42. The van der Waals surface area contributed by atoms with Crippen molar-refractivity contribution in [3.8, 4) is 17.2 Å². The number of thioether (sulfide) groups is 1. The Labute approximate surface area is 170 Å². The summed E-state index contributed by atoms with van der Waals surface area (Å²) in [6.45, 7) is 4.71. The minimum atomic E-state index is -0.318. The highest BCUT2D eigenvalue weighted by atomic mass is 32.2. The maximum atomic E-state index is 14.4. The SMILES string of the molecule is CCCCC(C)COC(=O)CCSc1ccc(-c2ccc(C#N)cc2)c(F)c1. The van der Waals surface area contributed by atoms with Gasteiger partial charge < -0.3 is 4.74 Å². The number of esters is 1. The molecule has 1 unspecified atom stereocenters. The van der Waals surface area contributed by atoms with Gasteiger partial charge >= 0.3 is 5.97 Å². The Hall–Kier alpha value is -2.32. The van der Waals surface area contributed by atoms with Crippen molar-refractivity contribution in [3.05, 3.63) is 53.8 Å². The molecule has 2 aromatic rings. The maximum absolute atomic E-state index is 14.4. The summed E-state index contributed by atoms with van der Waals surface area (Å²) in [6.07, 6.45) is 3.68. The molecule has 0 aliphatic carbocycles. The van der Waals surface area contributed by atoms with Gasteiger partial charge in [-0.25, -0.2) is 4.39 Å². The Morgan fingerprint density at radius 1 is 1.25 bits per heavy atom. The lowest BCUT2D eigenvalue weighted by molar-refractivity contribution is -0.144. The van der Waals surface area contributed by atoms with Crippen LogP contribution in [0.15, 0.2) is 47.4 Å². The number of benzene rings is 2. The minimum absolute atomic E-state index is 0.203. The van der Waals surface area contributed by atoms with Gasteiger partial charge in [-0.15, -0.1) is 11.8 Å². The molecule has 0 aliphatic heterocycles. The van der Waals surface area contributed by atoms with Gasteiger partial charge in [0.05, 0.1) is 24.7 Å². The third kappa shape index (κ3) is 7.01. The fourth-order valence-corrected chi connectivity index (χ4v) is 3.60. The van der Waals surface area contributed by atoms with Crippen LogP contribution in [-0.2, 0) is 9.53 Å². The summed E-state index contributed by atoms with van der Waals surface area (Å²) in [5.41, 5.74) is 1.77.